The number of carbonyl (C=O) groups is 1. The molecule has 0 N–H and O–H groups in total. The number of benzene rings is 2. The largest absolute Gasteiger partial charge is 0.491 e. The number of amides is 1. The van der Waals surface area contributed by atoms with Crippen LogP contribution in [0.3, 0.4) is 0 Å². The van der Waals surface area contributed by atoms with Crippen molar-refractivity contribution in [3.8, 4) is 28.7 Å². The molecule has 0 bridgehead atoms. The number of nitrogens with zero attached hydrogens (tertiary/aromatic N) is 7. The first-order valence-electron chi connectivity index (χ1n) is 15.4. The zero-order valence-corrected chi connectivity index (χ0v) is 25.1. The number of carbonyl (C=O) groups excluding carboxylic acids is 1. The highest BCUT2D eigenvalue weighted by atomic mass is 16.6. The third-order valence-corrected chi connectivity index (χ3v) is 8.89. The quantitative estimate of drug-likeness (QED) is 0.288. The second-order valence-corrected chi connectivity index (χ2v) is 12.1. The van der Waals surface area contributed by atoms with E-state index in [0.29, 0.717) is 31.7 Å². The first-order valence-corrected chi connectivity index (χ1v) is 15.4. The Morgan fingerprint density at radius 2 is 1.91 bits per heavy atom. The monoisotopic (exact) mass is 581 g/mol. The Balaban J connectivity index is 1.06. The van der Waals surface area contributed by atoms with Gasteiger partial charge in [0.1, 0.15) is 36.3 Å². The number of ether oxygens (including phenoxy) is 2. The van der Waals surface area contributed by atoms with E-state index >= 15 is 0 Å². The summed E-state index contributed by atoms with van der Waals surface area (Å²) in [6, 6.07) is 16.9. The third kappa shape index (κ3) is 5.34. The highest BCUT2D eigenvalue weighted by Gasteiger charge is 2.39. The third-order valence-electron chi connectivity index (χ3n) is 8.89. The van der Waals surface area contributed by atoms with Crippen molar-refractivity contribution in [2.45, 2.75) is 65.3 Å². The highest BCUT2D eigenvalue weighted by Crippen LogP contribution is 2.41. The van der Waals surface area contributed by atoms with Gasteiger partial charge in [0, 0.05) is 49.7 Å². The van der Waals surface area contributed by atoms with Crippen LogP contribution in [0.4, 0.5) is 10.5 Å². The second-order valence-electron chi connectivity index (χ2n) is 12.1. The Bertz CT molecular complexity index is 1610. The molecular weight excluding hydrogens is 542 g/mol. The van der Waals surface area contributed by atoms with E-state index in [1.807, 2.05) is 46.8 Å². The number of rotatable bonds is 6. The molecule has 224 valence electrons. The first kappa shape index (κ1) is 27.5. The molecule has 0 radical (unpaired) electrons. The van der Waals surface area contributed by atoms with Gasteiger partial charge in [-0.25, -0.2) is 19.4 Å². The molecule has 2 saturated heterocycles. The summed E-state index contributed by atoms with van der Waals surface area (Å²) in [5.41, 5.74) is 3.98. The van der Waals surface area contributed by atoms with Crippen LogP contribution in [0, 0.1) is 12.8 Å². The molecule has 0 aliphatic carbocycles. The number of aryl methyl sites for hydroxylation is 1. The molecule has 2 atom stereocenters. The molecule has 2 aromatic carbocycles. The molecule has 3 aliphatic heterocycles. The lowest BCUT2D eigenvalue weighted by molar-refractivity contribution is 0.0717. The number of likely N-dealkylation sites (tertiary alicyclic amines) is 1. The lowest BCUT2D eigenvalue weighted by atomic mass is 9.83. The summed E-state index contributed by atoms with van der Waals surface area (Å²) in [6.45, 7) is 10.2. The first-order chi connectivity index (χ1) is 20.9. The average molecular weight is 582 g/mol. The van der Waals surface area contributed by atoms with Crippen LogP contribution in [0.2, 0.25) is 0 Å². The zero-order valence-electron chi connectivity index (χ0n) is 25.1. The van der Waals surface area contributed by atoms with Gasteiger partial charge in [-0.15, -0.1) is 0 Å². The summed E-state index contributed by atoms with van der Waals surface area (Å²) < 4.78 is 16.0. The molecule has 4 aromatic rings. The summed E-state index contributed by atoms with van der Waals surface area (Å²) in [4.78, 5) is 27.0. The molecule has 43 heavy (non-hydrogen) atoms. The number of piperidine rings is 1. The van der Waals surface area contributed by atoms with E-state index < -0.39 is 0 Å². The van der Waals surface area contributed by atoms with E-state index in [1.165, 1.54) is 0 Å². The molecule has 3 aliphatic rings. The Morgan fingerprint density at radius 3 is 2.70 bits per heavy atom. The van der Waals surface area contributed by atoms with E-state index in [0.717, 1.165) is 84.6 Å². The maximum absolute atomic E-state index is 12.9. The predicted molar refractivity (Wildman–Crippen MR) is 164 cm³/mol. The molecule has 0 saturated carbocycles. The standard InChI is InChI=1S/C33H39N7O3/c1-22(2)40-32(34-23(3)36-40)28-20-37-16-17-42-30-18-26(11-12-27(30)31(37)35-28)39-15-13-29(39)25-10-7-14-38(19-25)33(41)43-21-24-8-5-4-6-9-24/h4-6,8-9,11-12,18,20,22,25,29H,7,10,13-17,19,21H2,1-3H3. The fourth-order valence-corrected chi connectivity index (χ4v) is 6.64. The van der Waals surface area contributed by atoms with Gasteiger partial charge in [0.05, 0.1) is 12.1 Å². The van der Waals surface area contributed by atoms with Crippen LogP contribution in [0.25, 0.3) is 22.9 Å². The van der Waals surface area contributed by atoms with E-state index in [1.54, 1.807) is 0 Å². The molecule has 5 heterocycles. The lowest BCUT2D eigenvalue weighted by Gasteiger charge is -2.49. The van der Waals surface area contributed by atoms with Gasteiger partial charge in [0.15, 0.2) is 5.82 Å². The fraction of sp³-hybridized carbons (Fsp3) is 0.455. The average Bonchev–Trinajstić information content (AvgIpc) is 3.55. The van der Waals surface area contributed by atoms with Gasteiger partial charge in [0.2, 0.25) is 0 Å². The van der Waals surface area contributed by atoms with Crippen molar-refractivity contribution in [2.75, 3.05) is 31.1 Å². The normalized spacial score (nSPS) is 19.7. The Morgan fingerprint density at radius 1 is 1.05 bits per heavy atom. The molecule has 1 amide bonds. The van der Waals surface area contributed by atoms with Crippen molar-refractivity contribution < 1.29 is 14.3 Å². The number of aromatic nitrogens is 5. The van der Waals surface area contributed by atoms with E-state index in [2.05, 4.69) is 57.8 Å². The predicted octanol–water partition coefficient (Wildman–Crippen LogP) is 5.72. The van der Waals surface area contributed by atoms with Crippen LogP contribution >= 0.6 is 0 Å². The topological polar surface area (TPSA) is 90.5 Å². The molecule has 2 unspecified atom stereocenters. The molecule has 10 heteroatoms. The minimum Gasteiger partial charge on any atom is -0.491 e. The number of fused-ring (bicyclic) bond motifs is 3. The van der Waals surface area contributed by atoms with Crippen molar-refractivity contribution >= 4 is 11.8 Å². The van der Waals surface area contributed by atoms with E-state index in [-0.39, 0.29) is 12.1 Å². The molecule has 10 nitrogen and oxygen atoms in total. The number of hydrogen-bond acceptors (Lipinski definition) is 7. The number of imidazole rings is 1. The minimum atomic E-state index is -0.213. The van der Waals surface area contributed by atoms with Gasteiger partial charge in [0.25, 0.3) is 0 Å². The fourth-order valence-electron chi connectivity index (χ4n) is 6.64. The van der Waals surface area contributed by atoms with Gasteiger partial charge < -0.3 is 23.8 Å². The Hall–Kier alpha value is -4.34. The molecular formula is C33H39N7O3. The summed E-state index contributed by atoms with van der Waals surface area (Å²) >= 11 is 0. The summed E-state index contributed by atoms with van der Waals surface area (Å²) in [6.07, 6.45) is 5.09. The second kappa shape index (κ2) is 11.4. The van der Waals surface area contributed by atoms with Crippen LogP contribution in [0.1, 0.15) is 50.5 Å². The number of anilines is 1. The van der Waals surface area contributed by atoms with Gasteiger partial charge in [-0.1, -0.05) is 30.3 Å². The van der Waals surface area contributed by atoms with Crippen LogP contribution in [0.5, 0.6) is 5.75 Å². The molecule has 7 rings (SSSR count). The van der Waals surface area contributed by atoms with Crippen LogP contribution < -0.4 is 9.64 Å². The maximum Gasteiger partial charge on any atom is 0.410 e. The summed E-state index contributed by atoms with van der Waals surface area (Å²) in [7, 11) is 0. The van der Waals surface area contributed by atoms with Crippen LogP contribution in [-0.2, 0) is 17.9 Å². The van der Waals surface area contributed by atoms with Crippen LogP contribution in [-0.4, -0.2) is 67.6 Å². The Labute approximate surface area is 252 Å². The van der Waals surface area contributed by atoms with Gasteiger partial charge in [-0.3, -0.25) is 0 Å². The summed E-state index contributed by atoms with van der Waals surface area (Å²) in [5, 5.41) is 4.58. The SMILES string of the molecule is Cc1nc(-c2cn3c(n2)-c2ccc(N4CCC4C4CCCN(C(=O)OCc5ccccc5)C4)cc2OCC3)n(C(C)C)n1. The smallest absolute Gasteiger partial charge is 0.410 e. The van der Waals surface area contributed by atoms with E-state index in [9.17, 15) is 4.79 Å². The van der Waals surface area contributed by atoms with Crippen molar-refractivity contribution in [1.82, 2.24) is 29.2 Å². The van der Waals surface area contributed by atoms with Crippen LogP contribution in [0.15, 0.2) is 54.7 Å². The molecule has 0 spiro atoms. The van der Waals surface area contributed by atoms with Gasteiger partial charge >= 0.3 is 6.09 Å². The lowest BCUT2D eigenvalue weighted by Crippen LogP contribution is -2.56. The van der Waals surface area contributed by atoms with Gasteiger partial charge in [-0.2, -0.15) is 5.10 Å². The van der Waals surface area contributed by atoms with Crippen molar-refractivity contribution in [3.05, 3.63) is 66.1 Å². The summed E-state index contributed by atoms with van der Waals surface area (Å²) in [5.74, 6) is 3.70. The van der Waals surface area contributed by atoms with Crippen molar-refractivity contribution in [2.24, 2.45) is 5.92 Å². The van der Waals surface area contributed by atoms with E-state index in [4.69, 9.17) is 14.5 Å². The maximum atomic E-state index is 12.9. The minimum absolute atomic E-state index is 0.191. The number of hydrogen-bond donors (Lipinski definition) is 0. The molecule has 2 aromatic heterocycles. The highest BCUT2D eigenvalue weighted by molar-refractivity contribution is 5.72. The Kier molecular flexibility index (Phi) is 7.28. The van der Waals surface area contributed by atoms with Gasteiger partial charge in [-0.05, 0) is 63.6 Å². The zero-order chi connectivity index (χ0) is 29.5. The van der Waals surface area contributed by atoms with Crippen molar-refractivity contribution in [3.63, 3.8) is 0 Å². The molecule has 2 fully saturated rings. The van der Waals surface area contributed by atoms with Crippen molar-refractivity contribution in [1.29, 1.82) is 0 Å².